The standard InChI is InChI=1S/C36H43N9O3.ClH/c37-22-24-7-11-27(12-8-24)34(46)41-32(36(48)40-28-15-13-26(14-16-28)33-42-44-45-43-33)21-23-5-9-25(10-6-23)30-3-1-2-4-31(30)35(47)39-29-17-19-38-20-18-29;/h1-6,9-10,13-16,24,27,29,32,38H,7-8,11-12,17-22,37H2,(H,39,47)(H,40,48)(H,41,46)(H,42,43,44,45);1H/t24-,27-,32-;/m0./s1. The van der Waals surface area contributed by atoms with Crippen LogP contribution in [0.15, 0.2) is 72.8 Å². The summed E-state index contributed by atoms with van der Waals surface area (Å²) < 4.78 is 0. The van der Waals surface area contributed by atoms with Crippen LogP contribution in [0.2, 0.25) is 0 Å². The lowest BCUT2D eigenvalue weighted by atomic mass is 9.81. The van der Waals surface area contributed by atoms with E-state index in [1.807, 2.05) is 48.5 Å². The Morgan fingerprint density at radius 3 is 2.22 bits per heavy atom. The van der Waals surface area contributed by atoms with Crippen molar-refractivity contribution < 1.29 is 14.4 Å². The minimum atomic E-state index is -0.796. The maximum atomic E-state index is 13.7. The number of piperidine rings is 1. The normalized spacial score (nSPS) is 18.5. The highest BCUT2D eigenvalue weighted by Gasteiger charge is 2.29. The van der Waals surface area contributed by atoms with E-state index in [0.717, 1.165) is 73.9 Å². The van der Waals surface area contributed by atoms with Crippen molar-refractivity contribution in [3.05, 3.63) is 83.9 Å². The number of nitrogens with one attached hydrogen (secondary N) is 5. The summed E-state index contributed by atoms with van der Waals surface area (Å²) in [5.41, 5.74) is 10.5. The number of nitrogens with two attached hydrogens (primary N) is 1. The van der Waals surface area contributed by atoms with Crippen LogP contribution in [-0.2, 0) is 16.0 Å². The molecule has 0 radical (unpaired) electrons. The van der Waals surface area contributed by atoms with Crippen molar-refractivity contribution in [2.75, 3.05) is 25.0 Å². The maximum Gasteiger partial charge on any atom is 0.252 e. The van der Waals surface area contributed by atoms with Crippen molar-refractivity contribution in [1.29, 1.82) is 0 Å². The highest BCUT2D eigenvalue weighted by molar-refractivity contribution is 6.01. The number of H-pyrrole nitrogens is 1. The molecule has 0 bridgehead atoms. The largest absolute Gasteiger partial charge is 0.349 e. The summed E-state index contributed by atoms with van der Waals surface area (Å²) in [6.07, 6.45) is 5.48. The second kappa shape index (κ2) is 17.1. The topological polar surface area (TPSA) is 180 Å². The van der Waals surface area contributed by atoms with E-state index in [1.54, 1.807) is 24.3 Å². The van der Waals surface area contributed by atoms with Gasteiger partial charge in [0.2, 0.25) is 17.6 Å². The summed E-state index contributed by atoms with van der Waals surface area (Å²) >= 11 is 0. The van der Waals surface area contributed by atoms with Gasteiger partial charge in [-0.05, 0) is 116 Å². The number of carbonyl (C=O) groups excluding carboxylic acids is 3. The molecule has 258 valence electrons. The Labute approximate surface area is 292 Å². The van der Waals surface area contributed by atoms with Crippen LogP contribution in [0.1, 0.15) is 54.4 Å². The maximum absolute atomic E-state index is 13.7. The average molecular weight is 686 g/mol. The summed E-state index contributed by atoms with van der Waals surface area (Å²) in [4.78, 5) is 40.4. The van der Waals surface area contributed by atoms with E-state index < -0.39 is 6.04 Å². The molecule has 0 spiro atoms. The molecule has 2 heterocycles. The van der Waals surface area contributed by atoms with E-state index >= 15 is 0 Å². The van der Waals surface area contributed by atoms with Crippen molar-refractivity contribution in [1.82, 2.24) is 36.6 Å². The molecule has 1 aliphatic heterocycles. The van der Waals surface area contributed by atoms with Crippen molar-refractivity contribution >= 4 is 35.8 Å². The molecule has 2 aliphatic rings. The number of benzene rings is 3. The summed E-state index contributed by atoms with van der Waals surface area (Å²) in [6, 6.07) is 21.9. The number of rotatable bonds is 11. The fourth-order valence-corrected chi connectivity index (χ4v) is 6.59. The van der Waals surface area contributed by atoms with Crippen LogP contribution in [0.5, 0.6) is 0 Å². The van der Waals surface area contributed by atoms with Gasteiger partial charge in [0.25, 0.3) is 5.91 Å². The number of anilines is 1. The monoisotopic (exact) mass is 685 g/mol. The van der Waals surface area contributed by atoms with Crippen LogP contribution in [0.25, 0.3) is 22.5 Å². The first-order valence-corrected chi connectivity index (χ1v) is 16.8. The minimum absolute atomic E-state index is 0. The van der Waals surface area contributed by atoms with E-state index in [0.29, 0.717) is 36.0 Å². The number of hydrogen-bond donors (Lipinski definition) is 6. The van der Waals surface area contributed by atoms with Gasteiger partial charge in [-0.3, -0.25) is 14.4 Å². The van der Waals surface area contributed by atoms with E-state index in [1.165, 1.54) is 0 Å². The average Bonchev–Trinajstić information content (AvgIpc) is 3.68. The van der Waals surface area contributed by atoms with Crippen molar-refractivity contribution in [2.45, 2.75) is 57.0 Å². The number of hydrogen-bond acceptors (Lipinski definition) is 8. The summed E-state index contributed by atoms with van der Waals surface area (Å²) in [7, 11) is 0. The lowest BCUT2D eigenvalue weighted by Gasteiger charge is -2.28. The molecule has 1 aromatic heterocycles. The van der Waals surface area contributed by atoms with Crippen LogP contribution in [0.4, 0.5) is 5.69 Å². The van der Waals surface area contributed by atoms with E-state index in [9.17, 15) is 14.4 Å². The van der Waals surface area contributed by atoms with Gasteiger partial charge in [0, 0.05) is 35.2 Å². The predicted molar refractivity (Wildman–Crippen MR) is 191 cm³/mol. The first-order valence-electron chi connectivity index (χ1n) is 16.8. The molecule has 3 amide bonds. The van der Waals surface area contributed by atoms with Crippen LogP contribution in [0.3, 0.4) is 0 Å². The number of tetrazole rings is 1. The quantitative estimate of drug-likeness (QED) is 0.138. The number of carbonyl (C=O) groups is 3. The SMILES string of the molecule is Cl.NC[C@H]1CC[C@H](C(=O)N[C@@H](Cc2ccc(-c3ccccc3C(=O)NC3CCNCC3)cc2)C(=O)Nc2ccc(-c3nn[nH]n3)cc2)CC1. The van der Waals surface area contributed by atoms with Gasteiger partial charge < -0.3 is 27.0 Å². The van der Waals surface area contributed by atoms with Crippen molar-refractivity contribution in [3.63, 3.8) is 0 Å². The fourth-order valence-electron chi connectivity index (χ4n) is 6.59. The number of amides is 3. The zero-order valence-corrected chi connectivity index (χ0v) is 28.2. The summed E-state index contributed by atoms with van der Waals surface area (Å²) in [6.45, 7) is 2.43. The first-order chi connectivity index (χ1) is 23.5. The number of aromatic nitrogens is 4. The Morgan fingerprint density at radius 2 is 1.55 bits per heavy atom. The Morgan fingerprint density at radius 1 is 0.857 bits per heavy atom. The smallest absolute Gasteiger partial charge is 0.252 e. The van der Waals surface area contributed by atoms with Crippen molar-refractivity contribution in [3.8, 4) is 22.5 Å². The molecule has 1 atom stereocenters. The van der Waals surface area contributed by atoms with E-state index in [4.69, 9.17) is 5.73 Å². The van der Waals surface area contributed by atoms with Crippen LogP contribution in [-0.4, -0.2) is 70.1 Å². The molecule has 3 aromatic carbocycles. The molecule has 12 nitrogen and oxygen atoms in total. The second-order valence-electron chi connectivity index (χ2n) is 12.8. The van der Waals surface area contributed by atoms with Crippen LogP contribution in [0, 0.1) is 11.8 Å². The molecule has 1 saturated carbocycles. The van der Waals surface area contributed by atoms with Gasteiger partial charge in [0.15, 0.2) is 0 Å². The number of nitrogens with zero attached hydrogens (tertiary/aromatic N) is 3. The van der Waals surface area contributed by atoms with Gasteiger partial charge in [-0.1, -0.05) is 42.5 Å². The third kappa shape index (κ3) is 9.28. The third-order valence-electron chi connectivity index (χ3n) is 9.49. The molecule has 2 fully saturated rings. The second-order valence-corrected chi connectivity index (χ2v) is 12.8. The predicted octanol–water partition coefficient (Wildman–Crippen LogP) is 3.87. The molecule has 49 heavy (non-hydrogen) atoms. The molecular weight excluding hydrogens is 642 g/mol. The van der Waals surface area contributed by atoms with Gasteiger partial charge in [-0.15, -0.1) is 22.6 Å². The Bertz CT molecular complexity index is 1670. The Kier molecular flexibility index (Phi) is 12.5. The van der Waals surface area contributed by atoms with E-state index in [-0.39, 0.29) is 42.1 Å². The lowest BCUT2D eigenvalue weighted by Crippen LogP contribution is -2.48. The molecule has 1 aliphatic carbocycles. The molecule has 7 N–H and O–H groups in total. The number of aromatic amines is 1. The van der Waals surface area contributed by atoms with Crippen molar-refractivity contribution in [2.24, 2.45) is 17.6 Å². The first kappa shape index (κ1) is 35.7. The zero-order chi connectivity index (χ0) is 33.3. The third-order valence-corrected chi connectivity index (χ3v) is 9.49. The van der Waals surface area contributed by atoms with Gasteiger partial charge >= 0.3 is 0 Å². The highest BCUT2D eigenvalue weighted by Crippen LogP contribution is 2.29. The highest BCUT2D eigenvalue weighted by atomic mass is 35.5. The molecule has 0 unspecified atom stereocenters. The van der Waals surface area contributed by atoms with Gasteiger partial charge in [-0.2, -0.15) is 5.21 Å². The lowest BCUT2D eigenvalue weighted by molar-refractivity contribution is -0.130. The van der Waals surface area contributed by atoms with Gasteiger partial charge in [-0.25, -0.2) is 0 Å². The van der Waals surface area contributed by atoms with Gasteiger partial charge in [0.1, 0.15) is 6.04 Å². The minimum Gasteiger partial charge on any atom is -0.349 e. The van der Waals surface area contributed by atoms with Crippen LogP contribution >= 0.6 is 12.4 Å². The fraction of sp³-hybridized carbons (Fsp3) is 0.389. The molecule has 4 aromatic rings. The molecule has 13 heteroatoms. The van der Waals surface area contributed by atoms with E-state index in [2.05, 4.69) is 41.9 Å². The summed E-state index contributed by atoms with van der Waals surface area (Å²) in [5.74, 6) is 0.261. The van der Waals surface area contributed by atoms with Crippen LogP contribution < -0.4 is 27.0 Å². The zero-order valence-electron chi connectivity index (χ0n) is 27.4. The number of halogens is 1. The molecular formula is C36H44ClN9O3. The summed E-state index contributed by atoms with van der Waals surface area (Å²) in [5, 5.41) is 26.6. The molecule has 6 rings (SSSR count). The van der Waals surface area contributed by atoms with Gasteiger partial charge in [0.05, 0.1) is 0 Å². The Balaban J connectivity index is 0.00000468. The molecule has 1 saturated heterocycles. The Hall–Kier alpha value is -4.65.